The minimum absolute atomic E-state index is 0.174. The summed E-state index contributed by atoms with van der Waals surface area (Å²) in [6.07, 6.45) is 1.95. The normalized spacial score (nSPS) is 9.88. The van der Waals surface area contributed by atoms with E-state index in [0.29, 0.717) is 0 Å². The SMILES string of the molecule is COc1cc(=O)n(C)nc1C(=O)CC=[N+](C)C. The molecule has 0 saturated heterocycles. The first-order valence-electron chi connectivity index (χ1n) is 5.11. The van der Waals surface area contributed by atoms with Crippen LogP contribution in [0, 0.1) is 0 Å². The molecule has 92 valence electrons. The van der Waals surface area contributed by atoms with E-state index in [0.717, 1.165) is 4.68 Å². The van der Waals surface area contributed by atoms with Crippen LogP contribution in [0.1, 0.15) is 16.9 Å². The summed E-state index contributed by atoms with van der Waals surface area (Å²) in [4.78, 5) is 23.2. The Balaban J connectivity index is 3.12. The van der Waals surface area contributed by atoms with Gasteiger partial charge >= 0.3 is 0 Å². The molecule has 0 aliphatic heterocycles. The number of carbonyl (C=O) groups excluding carboxylic acids is 1. The minimum atomic E-state index is -0.310. The average Bonchev–Trinajstić information content (AvgIpc) is 2.28. The van der Waals surface area contributed by atoms with Gasteiger partial charge in [-0.1, -0.05) is 0 Å². The fourth-order valence-electron chi connectivity index (χ4n) is 1.23. The van der Waals surface area contributed by atoms with Crippen molar-refractivity contribution in [1.29, 1.82) is 0 Å². The number of Topliss-reactive ketones (excluding diaryl/α,β-unsaturated/α-hetero) is 1. The predicted octanol–water partition coefficient (Wildman–Crippen LogP) is -0.295. The van der Waals surface area contributed by atoms with Crippen LogP contribution >= 0.6 is 0 Å². The molecule has 0 fully saturated rings. The number of aromatic nitrogens is 2. The van der Waals surface area contributed by atoms with Crippen molar-refractivity contribution in [2.75, 3.05) is 21.2 Å². The van der Waals surface area contributed by atoms with Crippen LogP contribution in [-0.4, -0.2) is 47.6 Å². The highest BCUT2D eigenvalue weighted by atomic mass is 16.5. The van der Waals surface area contributed by atoms with Gasteiger partial charge in [-0.2, -0.15) is 5.10 Å². The fraction of sp³-hybridized carbons (Fsp3) is 0.455. The van der Waals surface area contributed by atoms with Crippen LogP contribution < -0.4 is 10.3 Å². The lowest BCUT2D eigenvalue weighted by Gasteiger charge is -2.06. The number of ether oxygens (including phenoxy) is 1. The Bertz CT molecular complexity index is 513. The highest BCUT2D eigenvalue weighted by molar-refractivity contribution is 6.03. The topological polar surface area (TPSA) is 64.2 Å². The zero-order valence-electron chi connectivity index (χ0n) is 10.4. The maximum Gasteiger partial charge on any atom is 0.270 e. The summed E-state index contributed by atoms with van der Waals surface area (Å²) in [5, 5.41) is 3.91. The van der Waals surface area contributed by atoms with Crippen molar-refractivity contribution in [3.05, 3.63) is 22.1 Å². The number of ketones is 1. The van der Waals surface area contributed by atoms with E-state index < -0.39 is 0 Å². The smallest absolute Gasteiger partial charge is 0.270 e. The lowest BCUT2D eigenvalue weighted by Crippen LogP contribution is -2.23. The van der Waals surface area contributed by atoms with Gasteiger partial charge in [-0.15, -0.1) is 0 Å². The van der Waals surface area contributed by atoms with Gasteiger partial charge in [0.05, 0.1) is 13.5 Å². The van der Waals surface area contributed by atoms with E-state index in [1.807, 2.05) is 14.1 Å². The molecule has 6 heteroatoms. The van der Waals surface area contributed by atoms with Gasteiger partial charge in [0, 0.05) is 13.1 Å². The predicted molar refractivity (Wildman–Crippen MR) is 63.1 cm³/mol. The summed E-state index contributed by atoms with van der Waals surface area (Å²) in [6.45, 7) is 0. The Kier molecular flexibility index (Phi) is 4.14. The number of aryl methyl sites for hydroxylation is 1. The largest absolute Gasteiger partial charge is 0.494 e. The number of methoxy groups -OCH3 is 1. The summed E-state index contributed by atoms with van der Waals surface area (Å²) >= 11 is 0. The van der Waals surface area contributed by atoms with Gasteiger partial charge in [0.1, 0.15) is 20.3 Å². The lowest BCUT2D eigenvalue weighted by molar-refractivity contribution is -0.460. The van der Waals surface area contributed by atoms with Crippen molar-refractivity contribution >= 4 is 12.0 Å². The molecular formula is C11H16N3O3+. The molecule has 6 nitrogen and oxygen atoms in total. The molecule has 0 aromatic carbocycles. The molecule has 1 aromatic rings. The van der Waals surface area contributed by atoms with Gasteiger partial charge in [-0.25, -0.2) is 9.26 Å². The molecule has 0 radical (unpaired) electrons. The average molecular weight is 238 g/mol. The molecule has 0 bridgehead atoms. The number of carbonyl (C=O) groups is 1. The third kappa shape index (κ3) is 3.24. The summed E-state index contributed by atoms with van der Waals surface area (Å²) in [5.74, 6) is 0.0245. The summed E-state index contributed by atoms with van der Waals surface area (Å²) in [6, 6.07) is 1.26. The monoisotopic (exact) mass is 238 g/mol. The minimum Gasteiger partial charge on any atom is -0.494 e. The molecule has 0 unspecified atom stereocenters. The van der Waals surface area contributed by atoms with E-state index in [2.05, 4.69) is 5.10 Å². The van der Waals surface area contributed by atoms with E-state index in [9.17, 15) is 9.59 Å². The second-order valence-electron chi connectivity index (χ2n) is 3.80. The summed E-state index contributed by atoms with van der Waals surface area (Å²) in [5.41, 5.74) is -0.136. The van der Waals surface area contributed by atoms with Gasteiger partial charge in [0.25, 0.3) is 5.56 Å². The van der Waals surface area contributed by atoms with E-state index in [-0.39, 0.29) is 29.2 Å². The quantitative estimate of drug-likeness (QED) is 0.410. The molecule has 0 atom stereocenters. The first-order valence-corrected chi connectivity index (χ1v) is 5.11. The number of hydrogen-bond acceptors (Lipinski definition) is 4. The van der Waals surface area contributed by atoms with Gasteiger partial charge in [-0.05, 0) is 0 Å². The van der Waals surface area contributed by atoms with E-state index >= 15 is 0 Å². The molecule has 0 aliphatic carbocycles. The molecule has 1 heterocycles. The summed E-state index contributed by atoms with van der Waals surface area (Å²) < 4.78 is 7.89. The second kappa shape index (κ2) is 5.38. The van der Waals surface area contributed by atoms with Crippen LogP contribution in [0.25, 0.3) is 0 Å². The van der Waals surface area contributed by atoms with Crippen molar-refractivity contribution in [2.24, 2.45) is 7.05 Å². The molecule has 1 aromatic heterocycles. The van der Waals surface area contributed by atoms with Crippen LogP contribution in [-0.2, 0) is 7.05 Å². The third-order valence-electron chi connectivity index (χ3n) is 2.18. The lowest BCUT2D eigenvalue weighted by atomic mass is 10.2. The number of nitrogens with zero attached hydrogens (tertiary/aromatic N) is 3. The Labute approximate surface area is 99.1 Å². The first kappa shape index (κ1) is 13.1. The van der Waals surface area contributed by atoms with Crippen LogP contribution in [0.5, 0.6) is 5.75 Å². The zero-order chi connectivity index (χ0) is 13.0. The molecule has 0 N–H and O–H groups in total. The number of rotatable bonds is 4. The van der Waals surface area contributed by atoms with Crippen molar-refractivity contribution in [2.45, 2.75) is 6.42 Å². The highest BCUT2D eigenvalue weighted by Gasteiger charge is 2.16. The maximum absolute atomic E-state index is 11.9. The van der Waals surface area contributed by atoms with Gasteiger partial charge in [0.15, 0.2) is 17.2 Å². The third-order valence-corrected chi connectivity index (χ3v) is 2.18. The van der Waals surface area contributed by atoms with Crippen molar-refractivity contribution in [3.63, 3.8) is 0 Å². The molecular weight excluding hydrogens is 222 g/mol. The number of hydrogen-bond donors (Lipinski definition) is 0. The van der Waals surface area contributed by atoms with Crippen molar-refractivity contribution in [1.82, 2.24) is 9.78 Å². The Morgan fingerprint density at radius 3 is 2.76 bits per heavy atom. The molecule has 1 rings (SSSR count). The Hall–Kier alpha value is -1.98. The molecule has 17 heavy (non-hydrogen) atoms. The highest BCUT2D eigenvalue weighted by Crippen LogP contribution is 2.13. The second-order valence-corrected chi connectivity index (χ2v) is 3.80. The van der Waals surface area contributed by atoms with Gasteiger partial charge in [-0.3, -0.25) is 9.59 Å². The summed E-state index contributed by atoms with van der Waals surface area (Å²) in [7, 11) is 6.56. The van der Waals surface area contributed by atoms with Crippen LogP contribution in [0.4, 0.5) is 0 Å². The van der Waals surface area contributed by atoms with E-state index in [1.54, 1.807) is 10.8 Å². The Morgan fingerprint density at radius 2 is 2.24 bits per heavy atom. The molecule has 0 amide bonds. The zero-order valence-corrected chi connectivity index (χ0v) is 10.4. The Morgan fingerprint density at radius 1 is 1.59 bits per heavy atom. The van der Waals surface area contributed by atoms with Crippen LogP contribution in [0.15, 0.2) is 10.9 Å². The van der Waals surface area contributed by atoms with E-state index in [1.165, 1.54) is 20.2 Å². The van der Waals surface area contributed by atoms with Crippen molar-refractivity contribution < 1.29 is 14.1 Å². The fourth-order valence-corrected chi connectivity index (χ4v) is 1.23. The van der Waals surface area contributed by atoms with Crippen LogP contribution in [0.2, 0.25) is 0 Å². The first-order chi connectivity index (χ1) is 7.95. The van der Waals surface area contributed by atoms with Crippen LogP contribution in [0.3, 0.4) is 0 Å². The van der Waals surface area contributed by atoms with E-state index in [4.69, 9.17) is 4.74 Å². The van der Waals surface area contributed by atoms with Gasteiger partial charge in [0.2, 0.25) is 0 Å². The van der Waals surface area contributed by atoms with Crippen molar-refractivity contribution in [3.8, 4) is 5.75 Å². The standard InChI is InChI=1S/C11H16N3O3/c1-13(2)6-5-8(15)11-9(17-4)7-10(16)14(3)12-11/h6-7H,5H2,1-4H3/q+1. The maximum atomic E-state index is 11.9. The van der Waals surface area contributed by atoms with Gasteiger partial charge < -0.3 is 4.74 Å². The molecule has 0 spiro atoms. The molecule has 0 saturated carbocycles. The molecule has 0 aliphatic rings.